The number of benzene rings is 1. The SMILES string of the molecule is CCCc1c(N)n[nH]c1-c1cc(C)cc([N+](=O)[O-])c1. The summed E-state index contributed by atoms with van der Waals surface area (Å²) in [5.74, 6) is 0.459. The molecule has 3 N–H and O–H groups in total. The smallest absolute Gasteiger partial charge is 0.270 e. The van der Waals surface area contributed by atoms with Crippen molar-refractivity contribution in [1.29, 1.82) is 0 Å². The van der Waals surface area contributed by atoms with Gasteiger partial charge < -0.3 is 5.73 Å². The number of nitrogens with zero attached hydrogens (tertiary/aromatic N) is 2. The highest BCUT2D eigenvalue weighted by molar-refractivity contribution is 5.70. The van der Waals surface area contributed by atoms with E-state index in [2.05, 4.69) is 17.1 Å². The fourth-order valence-electron chi connectivity index (χ4n) is 2.13. The van der Waals surface area contributed by atoms with Crippen LogP contribution in [0.5, 0.6) is 0 Å². The van der Waals surface area contributed by atoms with Crippen molar-refractivity contribution < 1.29 is 4.92 Å². The highest BCUT2D eigenvalue weighted by Crippen LogP contribution is 2.30. The molecule has 0 bridgehead atoms. The minimum atomic E-state index is -0.393. The molecule has 0 saturated heterocycles. The highest BCUT2D eigenvalue weighted by Gasteiger charge is 2.15. The zero-order valence-electron chi connectivity index (χ0n) is 10.9. The normalized spacial score (nSPS) is 10.6. The summed E-state index contributed by atoms with van der Waals surface area (Å²) >= 11 is 0. The predicted octanol–water partition coefficient (Wildman–Crippen LogP) is 2.83. The number of nitrogens with one attached hydrogen (secondary N) is 1. The van der Waals surface area contributed by atoms with Crippen molar-refractivity contribution >= 4 is 11.5 Å². The van der Waals surface area contributed by atoms with E-state index >= 15 is 0 Å². The molecule has 0 amide bonds. The molecule has 6 nitrogen and oxygen atoms in total. The first-order valence-electron chi connectivity index (χ1n) is 6.12. The summed E-state index contributed by atoms with van der Waals surface area (Å²) in [6.45, 7) is 3.88. The average molecular weight is 260 g/mol. The number of aromatic amines is 1. The Morgan fingerprint density at radius 3 is 2.79 bits per heavy atom. The second-order valence-electron chi connectivity index (χ2n) is 4.53. The molecule has 0 aliphatic rings. The summed E-state index contributed by atoms with van der Waals surface area (Å²) in [5, 5.41) is 17.8. The second kappa shape index (κ2) is 5.09. The number of aryl methyl sites for hydroxylation is 1. The molecule has 2 aromatic rings. The lowest BCUT2D eigenvalue weighted by atomic mass is 10.0. The topological polar surface area (TPSA) is 97.8 Å². The van der Waals surface area contributed by atoms with Gasteiger partial charge in [-0.1, -0.05) is 13.3 Å². The van der Waals surface area contributed by atoms with Gasteiger partial charge in [0.2, 0.25) is 0 Å². The molecule has 19 heavy (non-hydrogen) atoms. The number of aromatic nitrogens is 2. The number of nitro benzene ring substituents is 1. The zero-order valence-corrected chi connectivity index (χ0v) is 10.9. The third-order valence-electron chi connectivity index (χ3n) is 2.96. The Kier molecular flexibility index (Phi) is 3.50. The molecule has 0 atom stereocenters. The number of hydrogen-bond donors (Lipinski definition) is 2. The van der Waals surface area contributed by atoms with E-state index in [-0.39, 0.29) is 5.69 Å². The van der Waals surface area contributed by atoms with E-state index in [0.717, 1.165) is 35.2 Å². The maximum absolute atomic E-state index is 10.9. The van der Waals surface area contributed by atoms with Crippen LogP contribution >= 0.6 is 0 Å². The standard InChI is InChI=1S/C13H16N4O2/c1-3-4-11-12(15-16-13(11)14)9-5-8(2)6-10(7-9)17(18)19/h5-7H,3-4H2,1-2H3,(H3,14,15,16). The Morgan fingerprint density at radius 2 is 2.16 bits per heavy atom. The van der Waals surface area contributed by atoms with Crippen LogP contribution in [0.25, 0.3) is 11.3 Å². The number of nitrogen functional groups attached to an aromatic ring is 1. The van der Waals surface area contributed by atoms with Gasteiger partial charge in [-0.15, -0.1) is 0 Å². The molecule has 0 saturated carbocycles. The first-order valence-corrected chi connectivity index (χ1v) is 6.12. The van der Waals surface area contributed by atoms with Gasteiger partial charge >= 0.3 is 0 Å². The van der Waals surface area contributed by atoms with Crippen LogP contribution in [0, 0.1) is 17.0 Å². The summed E-state index contributed by atoms with van der Waals surface area (Å²) in [6, 6.07) is 4.97. The van der Waals surface area contributed by atoms with E-state index in [9.17, 15) is 10.1 Å². The van der Waals surface area contributed by atoms with Gasteiger partial charge in [-0.2, -0.15) is 5.10 Å². The van der Waals surface area contributed by atoms with E-state index in [1.807, 2.05) is 13.0 Å². The van der Waals surface area contributed by atoms with Gasteiger partial charge in [-0.05, 0) is 25.0 Å². The van der Waals surface area contributed by atoms with Crippen LogP contribution in [0.1, 0.15) is 24.5 Å². The number of nitrogens with two attached hydrogens (primary N) is 1. The Bertz CT molecular complexity index is 619. The fourth-order valence-corrected chi connectivity index (χ4v) is 2.13. The van der Waals surface area contributed by atoms with Crippen LogP contribution in [0.15, 0.2) is 18.2 Å². The minimum Gasteiger partial charge on any atom is -0.382 e. The lowest BCUT2D eigenvalue weighted by molar-refractivity contribution is -0.384. The summed E-state index contributed by atoms with van der Waals surface area (Å²) in [4.78, 5) is 10.5. The minimum absolute atomic E-state index is 0.0746. The van der Waals surface area contributed by atoms with Crippen molar-refractivity contribution in [2.24, 2.45) is 0 Å². The molecule has 1 aromatic heterocycles. The van der Waals surface area contributed by atoms with Crippen LogP contribution < -0.4 is 5.73 Å². The lowest BCUT2D eigenvalue weighted by Gasteiger charge is -2.04. The molecule has 0 aliphatic carbocycles. The first-order chi connectivity index (χ1) is 9.02. The van der Waals surface area contributed by atoms with Crippen molar-refractivity contribution in [3.05, 3.63) is 39.4 Å². The van der Waals surface area contributed by atoms with Gasteiger partial charge in [0.15, 0.2) is 0 Å². The number of rotatable bonds is 4. The van der Waals surface area contributed by atoms with E-state index in [1.54, 1.807) is 12.1 Å². The van der Waals surface area contributed by atoms with E-state index < -0.39 is 4.92 Å². The third kappa shape index (κ3) is 2.57. The van der Waals surface area contributed by atoms with Crippen molar-refractivity contribution in [3.8, 4) is 11.3 Å². The molecule has 0 spiro atoms. The number of non-ortho nitro benzene ring substituents is 1. The molecule has 0 fully saturated rings. The monoisotopic (exact) mass is 260 g/mol. The number of H-pyrrole nitrogens is 1. The van der Waals surface area contributed by atoms with Crippen molar-refractivity contribution in [2.45, 2.75) is 26.7 Å². The molecular formula is C13H16N4O2. The Balaban J connectivity index is 2.55. The summed E-state index contributed by atoms with van der Waals surface area (Å²) in [5.41, 5.74) is 9.17. The fraction of sp³-hybridized carbons (Fsp3) is 0.308. The van der Waals surface area contributed by atoms with Crippen LogP contribution in [-0.2, 0) is 6.42 Å². The predicted molar refractivity (Wildman–Crippen MR) is 73.8 cm³/mol. The lowest BCUT2D eigenvalue weighted by Crippen LogP contribution is -1.94. The Hall–Kier alpha value is -2.37. The Morgan fingerprint density at radius 1 is 1.42 bits per heavy atom. The molecule has 2 rings (SSSR count). The van der Waals surface area contributed by atoms with Crippen LogP contribution in [0.3, 0.4) is 0 Å². The maximum Gasteiger partial charge on any atom is 0.270 e. The summed E-state index contributed by atoms with van der Waals surface area (Å²) in [6.07, 6.45) is 1.73. The van der Waals surface area contributed by atoms with Gasteiger partial charge in [0, 0.05) is 23.3 Å². The van der Waals surface area contributed by atoms with Crippen molar-refractivity contribution in [2.75, 3.05) is 5.73 Å². The van der Waals surface area contributed by atoms with Gasteiger partial charge in [0.05, 0.1) is 10.6 Å². The van der Waals surface area contributed by atoms with Gasteiger partial charge in [0.1, 0.15) is 5.82 Å². The molecule has 6 heteroatoms. The molecular weight excluding hydrogens is 244 g/mol. The number of nitro groups is 1. The molecule has 0 radical (unpaired) electrons. The molecule has 0 unspecified atom stereocenters. The van der Waals surface area contributed by atoms with E-state index in [1.165, 1.54) is 0 Å². The second-order valence-corrected chi connectivity index (χ2v) is 4.53. The van der Waals surface area contributed by atoms with Gasteiger partial charge in [-0.3, -0.25) is 15.2 Å². The molecule has 1 aromatic carbocycles. The number of hydrogen-bond acceptors (Lipinski definition) is 4. The summed E-state index contributed by atoms with van der Waals surface area (Å²) < 4.78 is 0. The van der Waals surface area contributed by atoms with E-state index in [4.69, 9.17) is 5.73 Å². The quantitative estimate of drug-likeness (QED) is 0.652. The van der Waals surface area contributed by atoms with Gasteiger partial charge in [-0.25, -0.2) is 0 Å². The third-order valence-corrected chi connectivity index (χ3v) is 2.96. The maximum atomic E-state index is 10.9. The largest absolute Gasteiger partial charge is 0.382 e. The molecule has 1 heterocycles. The van der Waals surface area contributed by atoms with Gasteiger partial charge in [0.25, 0.3) is 5.69 Å². The van der Waals surface area contributed by atoms with Crippen LogP contribution in [0.2, 0.25) is 0 Å². The molecule has 100 valence electrons. The first kappa shape index (κ1) is 13.1. The summed E-state index contributed by atoms with van der Waals surface area (Å²) in [7, 11) is 0. The van der Waals surface area contributed by atoms with Crippen molar-refractivity contribution in [3.63, 3.8) is 0 Å². The highest BCUT2D eigenvalue weighted by atomic mass is 16.6. The molecule has 0 aliphatic heterocycles. The van der Waals surface area contributed by atoms with E-state index in [0.29, 0.717) is 5.82 Å². The average Bonchev–Trinajstić information content (AvgIpc) is 2.71. The Labute approximate surface area is 110 Å². The van der Waals surface area contributed by atoms with Crippen LogP contribution in [0.4, 0.5) is 11.5 Å². The number of anilines is 1. The van der Waals surface area contributed by atoms with Crippen LogP contribution in [-0.4, -0.2) is 15.1 Å². The zero-order chi connectivity index (χ0) is 14.0. The van der Waals surface area contributed by atoms with Crippen molar-refractivity contribution in [1.82, 2.24) is 10.2 Å².